The van der Waals surface area contributed by atoms with Gasteiger partial charge in [0.1, 0.15) is 6.10 Å². The zero-order valence-electron chi connectivity index (χ0n) is 13.5. The van der Waals surface area contributed by atoms with Gasteiger partial charge in [0.05, 0.1) is 0 Å². The van der Waals surface area contributed by atoms with E-state index in [0.717, 1.165) is 19.3 Å². The molecule has 1 aliphatic carbocycles. The first-order valence-electron chi connectivity index (χ1n) is 7.39. The van der Waals surface area contributed by atoms with E-state index in [1.54, 1.807) is 0 Å². The minimum atomic E-state index is -0.202. The lowest BCUT2D eigenvalue weighted by Gasteiger charge is -2.44. The van der Waals surface area contributed by atoms with Crippen molar-refractivity contribution in [2.24, 2.45) is 16.7 Å². The fraction of sp³-hybridized carbons (Fsp3) is 0.824. The number of hydrogen-bond acceptors (Lipinski definition) is 2. The lowest BCUT2D eigenvalue weighted by Crippen LogP contribution is -2.39. The highest BCUT2D eigenvalue weighted by Gasteiger charge is 2.40. The van der Waals surface area contributed by atoms with Crippen molar-refractivity contribution in [1.82, 2.24) is 0 Å². The summed E-state index contributed by atoms with van der Waals surface area (Å²) in [5.74, 6) is 0.242. The highest BCUT2D eigenvalue weighted by Crippen LogP contribution is 2.46. The van der Waals surface area contributed by atoms with Gasteiger partial charge >= 0.3 is 5.97 Å². The zero-order valence-corrected chi connectivity index (χ0v) is 13.5. The van der Waals surface area contributed by atoms with Crippen LogP contribution in [0.15, 0.2) is 12.2 Å². The van der Waals surface area contributed by atoms with E-state index in [0.29, 0.717) is 11.5 Å². The molecule has 2 nitrogen and oxygen atoms in total. The second-order valence-corrected chi connectivity index (χ2v) is 8.14. The summed E-state index contributed by atoms with van der Waals surface area (Å²) in [6.07, 6.45) is 3.85. The van der Waals surface area contributed by atoms with Crippen molar-refractivity contribution in [2.45, 2.75) is 73.3 Å². The number of ether oxygens (including phenoxy) is 1. The quantitative estimate of drug-likeness (QED) is 0.543. The molecule has 0 amide bonds. The Hall–Kier alpha value is -0.790. The van der Waals surface area contributed by atoms with Crippen LogP contribution in [0.25, 0.3) is 0 Å². The first kappa shape index (κ1) is 16.3. The molecular formula is C17H30O2. The number of esters is 1. The molecule has 1 rings (SSSR count). The topological polar surface area (TPSA) is 26.3 Å². The fourth-order valence-electron chi connectivity index (χ4n) is 3.64. The van der Waals surface area contributed by atoms with Crippen molar-refractivity contribution in [3.8, 4) is 0 Å². The van der Waals surface area contributed by atoms with Crippen LogP contribution in [0.3, 0.4) is 0 Å². The van der Waals surface area contributed by atoms with Crippen LogP contribution >= 0.6 is 0 Å². The van der Waals surface area contributed by atoms with Gasteiger partial charge in [-0.25, -0.2) is 4.79 Å². The van der Waals surface area contributed by atoms with Crippen LogP contribution in [0.2, 0.25) is 0 Å². The Labute approximate surface area is 118 Å². The minimum absolute atomic E-state index is 0.0372. The predicted molar refractivity (Wildman–Crippen MR) is 79.9 cm³/mol. The summed E-state index contributed by atoms with van der Waals surface area (Å²) in [4.78, 5) is 12.0. The monoisotopic (exact) mass is 266 g/mol. The van der Waals surface area contributed by atoms with Crippen LogP contribution < -0.4 is 0 Å². The van der Waals surface area contributed by atoms with Gasteiger partial charge in [-0.2, -0.15) is 0 Å². The summed E-state index contributed by atoms with van der Waals surface area (Å²) in [6.45, 7) is 17.1. The summed E-state index contributed by atoms with van der Waals surface area (Å²) in [5, 5.41) is 0. The molecule has 0 saturated heterocycles. The molecule has 0 aromatic carbocycles. The smallest absolute Gasteiger partial charge is 0.333 e. The van der Waals surface area contributed by atoms with Crippen molar-refractivity contribution in [1.29, 1.82) is 0 Å². The average Bonchev–Trinajstić information content (AvgIpc) is 2.10. The second kappa shape index (κ2) is 5.68. The van der Waals surface area contributed by atoms with Gasteiger partial charge in [0, 0.05) is 5.57 Å². The summed E-state index contributed by atoms with van der Waals surface area (Å²) in [7, 11) is 0. The van der Waals surface area contributed by atoms with Gasteiger partial charge in [-0.3, -0.25) is 0 Å². The molecule has 1 saturated carbocycles. The second-order valence-electron chi connectivity index (χ2n) is 8.14. The Kier molecular flexibility index (Phi) is 4.86. The summed E-state index contributed by atoms with van der Waals surface area (Å²) in [6, 6.07) is 0. The highest BCUT2D eigenvalue weighted by molar-refractivity contribution is 5.87. The van der Waals surface area contributed by atoms with Crippen molar-refractivity contribution >= 4 is 5.97 Å². The Morgan fingerprint density at radius 3 is 2.11 bits per heavy atom. The Balaban J connectivity index is 2.61. The summed E-state index contributed by atoms with van der Waals surface area (Å²) in [5.41, 5.74) is 1.09. The third-order valence-corrected chi connectivity index (χ3v) is 3.73. The summed E-state index contributed by atoms with van der Waals surface area (Å²) >= 11 is 0. The van der Waals surface area contributed by atoms with Crippen LogP contribution in [-0.2, 0) is 9.53 Å². The minimum Gasteiger partial charge on any atom is -0.459 e. The largest absolute Gasteiger partial charge is 0.459 e. The Morgan fingerprint density at radius 1 is 1.21 bits per heavy atom. The molecule has 19 heavy (non-hydrogen) atoms. The lowest BCUT2D eigenvalue weighted by atomic mass is 9.64. The predicted octanol–water partition coefficient (Wildman–Crippen LogP) is 4.74. The molecule has 1 fully saturated rings. The summed E-state index contributed by atoms with van der Waals surface area (Å²) < 4.78 is 5.69. The van der Waals surface area contributed by atoms with Crippen LogP contribution in [0.4, 0.5) is 0 Å². The van der Waals surface area contributed by atoms with Gasteiger partial charge < -0.3 is 4.74 Å². The lowest BCUT2D eigenvalue weighted by molar-refractivity contribution is -0.150. The molecule has 1 aliphatic rings. The molecule has 0 aromatic heterocycles. The molecule has 0 aromatic rings. The van der Waals surface area contributed by atoms with Gasteiger partial charge in [0.2, 0.25) is 0 Å². The Bertz CT molecular complexity index is 334. The highest BCUT2D eigenvalue weighted by atomic mass is 16.5. The van der Waals surface area contributed by atoms with E-state index < -0.39 is 0 Å². The van der Waals surface area contributed by atoms with Crippen LogP contribution in [0.1, 0.15) is 67.2 Å². The molecule has 0 atom stereocenters. The molecule has 0 aliphatic heterocycles. The standard InChI is InChI=1S/C17H30O2/c1-12(2)8-13(3)15(18)19-14-9-16(4,5)11-17(6,7)10-14/h12,14H,3,8-11H2,1-2,4-7H3. The van der Waals surface area contributed by atoms with Crippen molar-refractivity contribution in [3.63, 3.8) is 0 Å². The number of carbonyl (C=O) groups excluding carboxylic acids is 1. The van der Waals surface area contributed by atoms with Gasteiger partial charge in [-0.05, 0) is 42.4 Å². The van der Waals surface area contributed by atoms with Gasteiger partial charge in [-0.1, -0.05) is 48.1 Å². The van der Waals surface area contributed by atoms with E-state index in [2.05, 4.69) is 48.1 Å². The van der Waals surface area contributed by atoms with Gasteiger partial charge in [0.15, 0.2) is 0 Å². The fourth-order valence-corrected chi connectivity index (χ4v) is 3.64. The van der Waals surface area contributed by atoms with E-state index in [4.69, 9.17) is 4.74 Å². The van der Waals surface area contributed by atoms with E-state index in [-0.39, 0.29) is 22.9 Å². The maximum absolute atomic E-state index is 12.0. The van der Waals surface area contributed by atoms with E-state index >= 15 is 0 Å². The number of carbonyl (C=O) groups is 1. The van der Waals surface area contributed by atoms with Crippen LogP contribution in [-0.4, -0.2) is 12.1 Å². The van der Waals surface area contributed by atoms with Crippen LogP contribution in [0, 0.1) is 16.7 Å². The zero-order chi connectivity index (χ0) is 14.8. The van der Waals surface area contributed by atoms with Crippen LogP contribution in [0.5, 0.6) is 0 Å². The normalized spacial score (nSPS) is 22.3. The van der Waals surface area contributed by atoms with Gasteiger partial charge in [-0.15, -0.1) is 0 Å². The number of hydrogen-bond donors (Lipinski definition) is 0. The number of rotatable bonds is 4. The first-order chi connectivity index (χ1) is 8.51. The molecule has 0 unspecified atom stereocenters. The third-order valence-electron chi connectivity index (χ3n) is 3.73. The maximum Gasteiger partial charge on any atom is 0.333 e. The van der Waals surface area contributed by atoms with Gasteiger partial charge in [0.25, 0.3) is 0 Å². The van der Waals surface area contributed by atoms with Crippen molar-refractivity contribution in [3.05, 3.63) is 12.2 Å². The molecule has 0 spiro atoms. The maximum atomic E-state index is 12.0. The first-order valence-corrected chi connectivity index (χ1v) is 7.39. The van der Waals surface area contributed by atoms with E-state index in [9.17, 15) is 4.79 Å². The SMILES string of the molecule is C=C(CC(C)C)C(=O)OC1CC(C)(C)CC(C)(C)C1. The molecule has 110 valence electrons. The molecule has 0 N–H and O–H groups in total. The Morgan fingerprint density at radius 2 is 1.68 bits per heavy atom. The van der Waals surface area contributed by atoms with E-state index in [1.165, 1.54) is 6.42 Å². The third kappa shape index (κ3) is 5.38. The molecule has 2 heteroatoms. The molecular weight excluding hydrogens is 236 g/mol. The van der Waals surface area contributed by atoms with Crippen molar-refractivity contribution < 1.29 is 9.53 Å². The molecule has 0 bridgehead atoms. The van der Waals surface area contributed by atoms with Crippen molar-refractivity contribution in [2.75, 3.05) is 0 Å². The molecule has 0 radical (unpaired) electrons. The van der Waals surface area contributed by atoms with E-state index in [1.807, 2.05) is 0 Å². The average molecular weight is 266 g/mol. The molecule has 0 heterocycles.